The molecule has 1 aromatic carbocycles. The van der Waals surface area contributed by atoms with Crippen molar-refractivity contribution in [2.45, 2.75) is 26.0 Å². The predicted octanol–water partition coefficient (Wildman–Crippen LogP) is 2.54. The number of ether oxygens (including phenoxy) is 2. The highest BCUT2D eigenvalue weighted by atomic mass is 32.2. The number of nitrogens with zero attached hydrogens (tertiary/aromatic N) is 1. The van der Waals surface area contributed by atoms with Crippen molar-refractivity contribution in [3.05, 3.63) is 35.6 Å². The molecule has 0 spiro atoms. The average molecular weight is 421 g/mol. The van der Waals surface area contributed by atoms with Crippen molar-refractivity contribution >= 4 is 41.1 Å². The average Bonchev–Trinajstić information content (AvgIpc) is 3.09. The second-order valence-corrected chi connectivity index (χ2v) is 7.51. The molecule has 1 aromatic heterocycles. The van der Waals surface area contributed by atoms with E-state index in [-0.39, 0.29) is 11.7 Å². The Hall–Kier alpha value is -3.01. The largest absolute Gasteiger partial charge is 0.495 e. The van der Waals surface area contributed by atoms with Crippen LogP contribution < -0.4 is 15.4 Å². The molecular formula is C19H23N3O6S. The molecule has 0 radical (unpaired) electrons. The molecule has 1 atom stereocenters. The van der Waals surface area contributed by atoms with Gasteiger partial charge in [0.1, 0.15) is 11.5 Å². The van der Waals surface area contributed by atoms with Gasteiger partial charge >= 0.3 is 5.97 Å². The molecule has 2 amide bonds. The van der Waals surface area contributed by atoms with Gasteiger partial charge in [-0.1, -0.05) is 11.2 Å². The zero-order chi connectivity index (χ0) is 21.4. The minimum Gasteiger partial charge on any atom is -0.495 e. The number of rotatable bonds is 9. The number of thioether (sulfide) groups is 1. The van der Waals surface area contributed by atoms with E-state index in [4.69, 9.17) is 14.0 Å². The van der Waals surface area contributed by atoms with Gasteiger partial charge < -0.3 is 24.6 Å². The highest BCUT2D eigenvalue weighted by Gasteiger charge is 2.18. The van der Waals surface area contributed by atoms with Crippen molar-refractivity contribution in [1.82, 2.24) is 5.16 Å². The van der Waals surface area contributed by atoms with E-state index in [9.17, 15) is 14.4 Å². The van der Waals surface area contributed by atoms with Crippen LogP contribution in [0.3, 0.4) is 0 Å². The highest BCUT2D eigenvalue weighted by molar-refractivity contribution is 8.01. The van der Waals surface area contributed by atoms with Gasteiger partial charge in [0.25, 0.3) is 5.91 Å². The molecule has 0 bridgehead atoms. The molecule has 2 N–H and O–H groups in total. The van der Waals surface area contributed by atoms with Crippen LogP contribution in [-0.4, -0.2) is 47.7 Å². The van der Waals surface area contributed by atoms with Gasteiger partial charge in [0.2, 0.25) is 5.91 Å². The van der Waals surface area contributed by atoms with Gasteiger partial charge in [-0.05, 0) is 38.5 Å². The Bertz CT molecular complexity index is 883. The summed E-state index contributed by atoms with van der Waals surface area (Å²) in [6.45, 7) is 4.81. The van der Waals surface area contributed by atoms with Gasteiger partial charge in [0.05, 0.1) is 23.8 Å². The smallest absolute Gasteiger partial charge is 0.316 e. The quantitative estimate of drug-likeness (QED) is 0.593. The Labute approximate surface area is 172 Å². The lowest BCUT2D eigenvalue weighted by atomic mass is 10.2. The van der Waals surface area contributed by atoms with Crippen LogP contribution in [0.5, 0.6) is 5.75 Å². The van der Waals surface area contributed by atoms with E-state index in [0.717, 1.165) is 17.3 Å². The summed E-state index contributed by atoms with van der Waals surface area (Å²) in [6, 6.07) is 6.93. The van der Waals surface area contributed by atoms with E-state index < -0.39 is 23.7 Å². The molecule has 0 fully saturated rings. The van der Waals surface area contributed by atoms with Gasteiger partial charge in [-0.15, -0.1) is 11.8 Å². The Kier molecular flexibility index (Phi) is 8.08. The summed E-state index contributed by atoms with van der Waals surface area (Å²) in [4.78, 5) is 35.9. The minimum absolute atomic E-state index is 0.0759. The number of hydrogen-bond acceptors (Lipinski definition) is 8. The van der Waals surface area contributed by atoms with Crippen LogP contribution in [0.4, 0.5) is 11.5 Å². The number of esters is 1. The first-order valence-electron chi connectivity index (χ1n) is 8.74. The molecule has 0 saturated carbocycles. The summed E-state index contributed by atoms with van der Waals surface area (Å²) in [5.41, 5.74) is 1.44. The van der Waals surface area contributed by atoms with E-state index in [2.05, 4.69) is 15.8 Å². The van der Waals surface area contributed by atoms with E-state index >= 15 is 0 Å². The van der Waals surface area contributed by atoms with E-state index in [1.807, 2.05) is 13.0 Å². The molecule has 9 nitrogen and oxygen atoms in total. The second-order valence-electron chi connectivity index (χ2n) is 6.18. The number of aryl methyl sites for hydroxylation is 2. The predicted molar refractivity (Wildman–Crippen MR) is 109 cm³/mol. The Morgan fingerprint density at radius 3 is 2.62 bits per heavy atom. The lowest BCUT2D eigenvalue weighted by Crippen LogP contribution is -2.25. The van der Waals surface area contributed by atoms with Crippen molar-refractivity contribution in [2.24, 2.45) is 0 Å². The zero-order valence-corrected chi connectivity index (χ0v) is 17.4. The van der Waals surface area contributed by atoms with E-state index in [1.54, 1.807) is 32.0 Å². The molecule has 0 saturated heterocycles. The van der Waals surface area contributed by atoms with Gasteiger partial charge in [-0.2, -0.15) is 0 Å². The monoisotopic (exact) mass is 421 g/mol. The fraction of sp³-hybridized carbons (Fsp3) is 0.368. The number of nitrogens with one attached hydrogen (secondary N) is 2. The van der Waals surface area contributed by atoms with Crippen molar-refractivity contribution < 1.29 is 28.4 Å². The maximum Gasteiger partial charge on any atom is 0.316 e. The summed E-state index contributed by atoms with van der Waals surface area (Å²) in [7, 11) is 1.50. The first-order chi connectivity index (χ1) is 13.8. The maximum absolute atomic E-state index is 12.0. The van der Waals surface area contributed by atoms with Gasteiger partial charge in [0.15, 0.2) is 12.4 Å². The molecule has 10 heteroatoms. The summed E-state index contributed by atoms with van der Waals surface area (Å²) in [5.74, 6) is -0.0874. The molecule has 0 aliphatic rings. The minimum atomic E-state index is -0.599. The molecule has 156 valence electrons. The van der Waals surface area contributed by atoms with Crippen molar-refractivity contribution in [2.75, 3.05) is 30.1 Å². The SMILES string of the molecule is COc1ccc(C)cc1NC(=O)COC(=O)CS[C@H](C)C(=O)Nc1cc(C)on1. The number of carbonyl (C=O) groups is 3. The van der Waals surface area contributed by atoms with E-state index in [1.165, 1.54) is 7.11 Å². The lowest BCUT2D eigenvalue weighted by Gasteiger charge is -2.12. The van der Waals surface area contributed by atoms with Crippen LogP contribution in [0, 0.1) is 13.8 Å². The van der Waals surface area contributed by atoms with Crippen LogP contribution in [0.2, 0.25) is 0 Å². The zero-order valence-electron chi connectivity index (χ0n) is 16.6. The number of aromatic nitrogens is 1. The number of anilines is 2. The summed E-state index contributed by atoms with van der Waals surface area (Å²) in [5, 5.41) is 8.38. The van der Waals surface area contributed by atoms with Gasteiger partial charge in [-0.3, -0.25) is 14.4 Å². The van der Waals surface area contributed by atoms with Crippen molar-refractivity contribution in [3.8, 4) is 5.75 Å². The molecule has 1 heterocycles. The van der Waals surface area contributed by atoms with Crippen LogP contribution in [0.1, 0.15) is 18.2 Å². The Morgan fingerprint density at radius 2 is 1.97 bits per heavy atom. The first kappa shape index (κ1) is 22.3. The number of benzene rings is 1. The van der Waals surface area contributed by atoms with Gasteiger partial charge in [-0.25, -0.2) is 0 Å². The van der Waals surface area contributed by atoms with Crippen LogP contribution in [0.15, 0.2) is 28.8 Å². The second kappa shape index (κ2) is 10.5. The number of hydrogen-bond donors (Lipinski definition) is 2. The maximum atomic E-state index is 12.0. The van der Waals surface area contributed by atoms with E-state index in [0.29, 0.717) is 23.0 Å². The molecule has 0 aliphatic heterocycles. The number of methoxy groups -OCH3 is 1. The third-order valence-corrected chi connectivity index (χ3v) is 4.81. The topological polar surface area (TPSA) is 120 Å². The fourth-order valence-corrected chi connectivity index (χ4v) is 2.90. The fourth-order valence-electron chi connectivity index (χ4n) is 2.22. The van der Waals surface area contributed by atoms with Crippen LogP contribution in [-0.2, 0) is 19.1 Å². The van der Waals surface area contributed by atoms with Crippen molar-refractivity contribution in [1.29, 1.82) is 0 Å². The Morgan fingerprint density at radius 1 is 1.21 bits per heavy atom. The van der Waals surface area contributed by atoms with Crippen molar-refractivity contribution in [3.63, 3.8) is 0 Å². The molecule has 2 aromatic rings. The summed E-state index contributed by atoms with van der Waals surface area (Å²) >= 11 is 1.09. The summed E-state index contributed by atoms with van der Waals surface area (Å²) in [6.07, 6.45) is 0. The third kappa shape index (κ3) is 7.15. The highest BCUT2D eigenvalue weighted by Crippen LogP contribution is 2.25. The lowest BCUT2D eigenvalue weighted by molar-refractivity contribution is -0.144. The normalized spacial score (nSPS) is 11.4. The summed E-state index contributed by atoms with van der Waals surface area (Å²) < 4.78 is 15.0. The number of carbonyl (C=O) groups excluding carboxylic acids is 3. The Balaban J connectivity index is 1.73. The molecule has 2 rings (SSSR count). The molecule has 0 aliphatic carbocycles. The standard InChI is InChI=1S/C19H23N3O6S/c1-11-5-6-15(26-4)14(7-11)20-17(23)9-27-18(24)10-29-13(3)19(25)21-16-8-12(2)28-22-16/h5-8,13H,9-10H2,1-4H3,(H,20,23)(H,21,22,25)/t13-/m1/s1. The van der Waals surface area contributed by atoms with Gasteiger partial charge in [0, 0.05) is 6.07 Å². The van der Waals surface area contributed by atoms with Crippen LogP contribution >= 0.6 is 11.8 Å². The number of amides is 2. The molecular weight excluding hydrogens is 398 g/mol. The molecule has 0 unspecified atom stereocenters. The first-order valence-corrected chi connectivity index (χ1v) is 9.79. The molecule has 29 heavy (non-hydrogen) atoms. The third-order valence-electron chi connectivity index (χ3n) is 3.69. The van der Waals surface area contributed by atoms with Crippen LogP contribution in [0.25, 0.3) is 0 Å².